The number of allylic oxidation sites excluding steroid dienone is 1. The number of hydrazone groups is 1. The fourth-order valence-corrected chi connectivity index (χ4v) is 2.48. The lowest BCUT2D eigenvalue weighted by molar-refractivity contribution is -0.121. The fourth-order valence-electron chi connectivity index (χ4n) is 2.12. The average Bonchev–Trinajstić information content (AvgIpc) is 2.99. The van der Waals surface area contributed by atoms with Gasteiger partial charge in [0, 0.05) is 4.48 Å². The molecule has 0 saturated carbocycles. The van der Waals surface area contributed by atoms with Gasteiger partial charge in [-0.1, -0.05) is 47.7 Å². The van der Waals surface area contributed by atoms with Crippen LogP contribution in [0.3, 0.4) is 0 Å². The van der Waals surface area contributed by atoms with Crippen LogP contribution in [-0.4, -0.2) is 27.1 Å². The van der Waals surface area contributed by atoms with Crippen LogP contribution in [0.2, 0.25) is 0 Å². The highest BCUT2D eigenvalue weighted by Gasteiger charge is 2.07. The number of aromatic nitrogens is 3. The van der Waals surface area contributed by atoms with E-state index in [9.17, 15) is 4.79 Å². The highest BCUT2D eigenvalue weighted by Crippen LogP contribution is 2.10. The Morgan fingerprint density at radius 2 is 1.92 bits per heavy atom. The lowest BCUT2D eigenvalue weighted by Gasteiger charge is -2.01. The lowest BCUT2D eigenvalue weighted by atomic mass is 10.2. The standard InChI is InChI=1S/C17H14BrN5O/c18-14(10-13-6-2-1-3-7-13)11-19-21-17(24)12-23-16-9-5-4-8-15(16)20-22-23/h1-11H,12H2,(H,21,24)/b14-10-,19-11+. The first-order valence-electron chi connectivity index (χ1n) is 7.25. The average molecular weight is 384 g/mol. The van der Waals surface area contributed by atoms with E-state index in [1.165, 1.54) is 10.9 Å². The quantitative estimate of drug-likeness (QED) is 0.543. The Morgan fingerprint density at radius 1 is 1.17 bits per heavy atom. The van der Waals surface area contributed by atoms with Crippen molar-refractivity contribution in [3.63, 3.8) is 0 Å². The number of hydrogen-bond acceptors (Lipinski definition) is 4. The molecule has 2 aromatic carbocycles. The van der Waals surface area contributed by atoms with Gasteiger partial charge in [0.1, 0.15) is 12.1 Å². The van der Waals surface area contributed by atoms with Crippen LogP contribution in [0.5, 0.6) is 0 Å². The molecule has 3 aromatic rings. The summed E-state index contributed by atoms with van der Waals surface area (Å²) in [5.41, 5.74) is 5.07. The second-order valence-corrected chi connectivity index (χ2v) is 5.88. The molecular formula is C17H14BrN5O. The van der Waals surface area contributed by atoms with Gasteiger partial charge in [0.25, 0.3) is 5.91 Å². The Hall–Kier alpha value is -2.80. The molecule has 0 spiro atoms. The molecule has 3 rings (SSSR count). The van der Waals surface area contributed by atoms with Crippen LogP contribution < -0.4 is 5.43 Å². The Morgan fingerprint density at radius 3 is 2.75 bits per heavy atom. The largest absolute Gasteiger partial charge is 0.271 e. The first kappa shape index (κ1) is 16.1. The molecule has 0 fully saturated rings. The summed E-state index contributed by atoms with van der Waals surface area (Å²) in [4.78, 5) is 11.9. The molecule has 0 radical (unpaired) electrons. The van der Waals surface area contributed by atoms with Gasteiger partial charge in [-0.3, -0.25) is 4.79 Å². The van der Waals surface area contributed by atoms with E-state index in [2.05, 4.69) is 36.8 Å². The van der Waals surface area contributed by atoms with E-state index in [-0.39, 0.29) is 12.5 Å². The smallest absolute Gasteiger partial charge is 0.261 e. The zero-order valence-corrected chi connectivity index (χ0v) is 14.2. The van der Waals surface area contributed by atoms with E-state index < -0.39 is 0 Å². The van der Waals surface area contributed by atoms with Gasteiger partial charge in [0.05, 0.1) is 11.7 Å². The summed E-state index contributed by atoms with van der Waals surface area (Å²) in [6.07, 6.45) is 3.44. The number of fused-ring (bicyclic) bond motifs is 1. The third-order valence-corrected chi connectivity index (χ3v) is 3.63. The number of hydrogen-bond donors (Lipinski definition) is 1. The Bertz CT molecular complexity index is 901. The number of benzene rings is 2. The van der Waals surface area contributed by atoms with Crippen molar-refractivity contribution in [2.45, 2.75) is 6.54 Å². The zero-order valence-electron chi connectivity index (χ0n) is 12.6. The molecule has 0 bridgehead atoms. The van der Waals surface area contributed by atoms with Gasteiger partial charge in [0.15, 0.2) is 0 Å². The van der Waals surface area contributed by atoms with Crippen LogP contribution in [0.25, 0.3) is 17.1 Å². The number of para-hydroxylation sites is 1. The van der Waals surface area contributed by atoms with Crippen molar-refractivity contribution < 1.29 is 4.79 Å². The minimum Gasteiger partial charge on any atom is -0.271 e. The molecule has 6 nitrogen and oxygen atoms in total. The normalized spacial score (nSPS) is 12.0. The summed E-state index contributed by atoms with van der Waals surface area (Å²) < 4.78 is 2.29. The minimum atomic E-state index is -0.276. The number of nitrogens with one attached hydrogen (secondary N) is 1. The monoisotopic (exact) mass is 383 g/mol. The van der Waals surface area contributed by atoms with Crippen LogP contribution in [0, 0.1) is 0 Å². The number of halogens is 1. The molecule has 0 unspecified atom stereocenters. The molecule has 24 heavy (non-hydrogen) atoms. The van der Waals surface area contributed by atoms with Gasteiger partial charge in [-0.15, -0.1) is 5.10 Å². The van der Waals surface area contributed by atoms with Crippen molar-refractivity contribution in [1.29, 1.82) is 0 Å². The van der Waals surface area contributed by atoms with Crippen molar-refractivity contribution in [3.05, 3.63) is 64.6 Å². The summed E-state index contributed by atoms with van der Waals surface area (Å²) in [6.45, 7) is 0.0534. The van der Waals surface area contributed by atoms with Gasteiger partial charge in [-0.2, -0.15) is 5.10 Å². The Labute approximate surface area is 147 Å². The maximum absolute atomic E-state index is 11.9. The van der Waals surface area contributed by atoms with Crippen LogP contribution in [0.4, 0.5) is 0 Å². The van der Waals surface area contributed by atoms with E-state index in [0.717, 1.165) is 21.1 Å². The summed E-state index contributed by atoms with van der Waals surface area (Å²) in [7, 11) is 0. The molecule has 0 aliphatic heterocycles. The van der Waals surface area contributed by atoms with Gasteiger partial charge in [0.2, 0.25) is 0 Å². The summed E-state index contributed by atoms with van der Waals surface area (Å²) in [5, 5.41) is 11.9. The topological polar surface area (TPSA) is 72.2 Å². The van der Waals surface area contributed by atoms with Crippen LogP contribution in [-0.2, 0) is 11.3 Å². The van der Waals surface area contributed by atoms with Gasteiger partial charge >= 0.3 is 0 Å². The molecule has 0 aliphatic carbocycles. The van der Waals surface area contributed by atoms with Crippen molar-refractivity contribution >= 4 is 45.2 Å². The number of carbonyl (C=O) groups is 1. The summed E-state index contributed by atoms with van der Waals surface area (Å²) in [6, 6.07) is 17.3. The summed E-state index contributed by atoms with van der Waals surface area (Å²) in [5.74, 6) is -0.276. The van der Waals surface area contributed by atoms with Crippen LogP contribution in [0.1, 0.15) is 5.56 Å². The SMILES string of the molecule is O=C(Cn1nnc2ccccc21)N/N=C/C(Br)=C/c1ccccc1. The molecule has 7 heteroatoms. The lowest BCUT2D eigenvalue weighted by Crippen LogP contribution is -2.23. The van der Waals surface area contributed by atoms with Crippen molar-refractivity contribution in [2.75, 3.05) is 0 Å². The van der Waals surface area contributed by atoms with Gasteiger partial charge < -0.3 is 0 Å². The molecule has 0 aliphatic rings. The maximum atomic E-state index is 11.9. The molecular weight excluding hydrogens is 370 g/mol. The predicted octanol–water partition coefficient (Wildman–Crippen LogP) is 2.97. The van der Waals surface area contributed by atoms with E-state index in [1.54, 1.807) is 0 Å². The molecule has 1 aromatic heterocycles. The van der Waals surface area contributed by atoms with Crippen molar-refractivity contribution in [2.24, 2.45) is 5.10 Å². The molecule has 1 N–H and O–H groups in total. The highest BCUT2D eigenvalue weighted by molar-refractivity contribution is 9.12. The summed E-state index contributed by atoms with van der Waals surface area (Å²) >= 11 is 3.39. The Kier molecular flexibility index (Phi) is 5.12. The second kappa shape index (κ2) is 7.65. The maximum Gasteiger partial charge on any atom is 0.261 e. The number of nitrogens with zero attached hydrogens (tertiary/aromatic N) is 4. The van der Waals surface area contributed by atoms with Gasteiger partial charge in [-0.25, -0.2) is 10.1 Å². The Balaban J connectivity index is 1.58. The third kappa shape index (κ3) is 4.14. The predicted molar refractivity (Wildman–Crippen MR) is 97.5 cm³/mol. The molecule has 1 heterocycles. The number of rotatable bonds is 5. The first-order chi connectivity index (χ1) is 11.7. The molecule has 0 atom stereocenters. The van der Waals surface area contributed by atoms with Crippen molar-refractivity contribution in [1.82, 2.24) is 20.4 Å². The van der Waals surface area contributed by atoms with E-state index >= 15 is 0 Å². The van der Waals surface area contributed by atoms with Crippen LogP contribution in [0.15, 0.2) is 64.2 Å². The fraction of sp³-hybridized carbons (Fsp3) is 0.0588. The van der Waals surface area contributed by atoms with Crippen LogP contribution >= 0.6 is 15.9 Å². The minimum absolute atomic E-state index is 0.0534. The van der Waals surface area contributed by atoms with E-state index in [4.69, 9.17) is 0 Å². The zero-order chi connectivity index (χ0) is 16.8. The third-order valence-electron chi connectivity index (χ3n) is 3.19. The first-order valence-corrected chi connectivity index (χ1v) is 8.04. The molecule has 0 saturated heterocycles. The highest BCUT2D eigenvalue weighted by atomic mass is 79.9. The number of amides is 1. The molecule has 120 valence electrons. The van der Waals surface area contributed by atoms with Gasteiger partial charge in [-0.05, 0) is 39.7 Å². The van der Waals surface area contributed by atoms with E-state index in [0.29, 0.717) is 0 Å². The van der Waals surface area contributed by atoms with E-state index in [1.807, 2.05) is 60.7 Å². The second-order valence-electron chi connectivity index (χ2n) is 4.97. The van der Waals surface area contributed by atoms with Crippen molar-refractivity contribution in [3.8, 4) is 0 Å². The number of carbonyl (C=O) groups excluding carboxylic acids is 1. The molecule has 1 amide bonds.